The Labute approximate surface area is 316 Å². The summed E-state index contributed by atoms with van der Waals surface area (Å²) in [6.07, 6.45) is 42.0. The van der Waals surface area contributed by atoms with Gasteiger partial charge in [-0.2, -0.15) is 0 Å². The number of unbranched alkanes of at least 4 members (excludes halogenated alkanes) is 10. The fourth-order valence-corrected chi connectivity index (χ4v) is 5.29. The van der Waals surface area contributed by atoms with Gasteiger partial charge in [0.1, 0.15) is 19.8 Å². The molecule has 2 unspecified atom stereocenters. The summed E-state index contributed by atoms with van der Waals surface area (Å²) in [4.78, 5) is 35.2. The van der Waals surface area contributed by atoms with Crippen LogP contribution in [-0.4, -0.2) is 74.9 Å². The van der Waals surface area contributed by atoms with Crippen LogP contribution in [0.2, 0.25) is 0 Å². The number of hydrogen-bond donors (Lipinski definition) is 1. The Bertz CT molecular complexity index is 1160. The first-order chi connectivity index (χ1) is 25.0. The van der Waals surface area contributed by atoms with Crippen molar-refractivity contribution in [2.75, 3.05) is 47.5 Å². The quantitative estimate of drug-likeness (QED) is 0.0232. The zero-order chi connectivity index (χ0) is 38.6. The minimum absolute atomic E-state index is 0.0178. The first kappa shape index (κ1) is 49.2. The second-order valence-corrected chi connectivity index (χ2v) is 15.2. The van der Waals surface area contributed by atoms with Crippen LogP contribution in [0.4, 0.5) is 0 Å². The highest BCUT2D eigenvalue weighted by Crippen LogP contribution is 2.43. The topological polar surface area (TPSA) is 108 Å². The molecular formula is C42H71NO8P+. The van der Waals surface area contributed by atoms with Gasteiger partial charge in [-0.1, -0.05) is 137 Å². The van der Waals surface area contributed by atoms with Gasteiger partial charge in [-0.05, 0) is 51.4 Å². The van der Waals surface area contributed by atoms with Gasteiger partial charge in [0, 0.05) is 12.8 Å². The van der Waals surface area contributed by atoms with Crippen molar-refractivity contribution in [3.05, 3.63) is 85.1 Å². The third kappa shape index (κ3) is 37.0. The van der Waals surface area contributed by atoms with E-state index in [1.165, 1.54) is 0 Å². The Morgan fingerprint density at radius 1 is 0.596 bits per heavy atom. The molecule has 0 bridgehead atoms. The van der Waals surface area contributed by atoms with E-state index in [-0.39, 0.29) is 26.1 Å². The second kappa shape index (κ2) is 34.0. The van der Waals surface area contributed by atoms with E-state index in [1.807, 2.05) is 69.8 Å². The molecular weight excluding hydrogens is 677 g/mol. The highest BCUT2D eigenvalue weighted by Gasteiger charge is 2.27. The molecule has 1 N–H and O–H groups in total. The van der Waals surface area contributed by atoms with Crippen LogP contribution in [0.5, 0.6) is 0 Å². The predicted octanol–water partition coefficient (Wildman–Crippen LogP) is 10.5. The zero-order valence-corrected chi connectivity index (χ0v) is 33.9. The summed E-state index contributed by atoms with van der Waals surface area (Å²) in [7, 11) is 1.43. The zero-order valence-electron chi connectivity index (χ0n) is 33.0. The van der Waals surface area contributed by atoms with Crippen LogP contribution in [0.1, 0.15) is 117 Å². The Hall–Kier alpha value is -2.81. The number of likely N-dealkylation sites (N-methyl/N-ethyl adjacent to an activating group) is 1. The lowest BCUT2D eigenvalue weighted by Crippen LogP contribution is -2.37. The van der Waals surface area contributed by atoms with Crippen molar-refractivity contribution in [3.63, 3.8) is 0 Å². The van der Waals surface area contributed by atoms with E-state index in [0.717, 1.165) is 77.0 Å². The number of rotatable bonds is 33. The van der Waals surface area contributed by atoms with E-state index in [4.69, 9.17) is 18.5 Å². The molecule has 0 amide bonds. The molecule has 0 saturated heterocycles. The van der Waals surface area contributed by atoms with Gasteiger partial charge in [-0.15, -0.1) is 0 Å². The van der Waals surface area contributed by atoms with E-state index in [0.29, 0.717) is 23.9 Å². The van der Waals surface area contributed by atoms with Gasteiger partial charge >= 0.3 is 19.8 Å². The molecule has 0 aliphatic heterocycles. The first-order valence-corrected chi connectivity index (χ1v) is 20.9. The molecule has 2 atom stereocenters. The Kier molecular flexibility index (Phi) is 32.2. The van der Waals surface area contributed by atoms with Gasteiger partial charge in [0.05, 0.1) is 27.7 Å². The molecule has 0 fully saturated rings. The van der Waals surface area contributed by atoms with Crippen molar-refractivity contribution in [2.45, 2.75) is 123 Å². The monoisotopic (exact) mass is 748 g/mol. The molecule has 0 aromatic heterocycles. The number of carbonyl (C=O) groups excluding carboxylic acids is 2. The van der Waals surface area contributed by atoms with Crippen LogP contribution in [0.3, 0.4) is 0 Å². The molecule has 0 spiro atoms. The predicted molar refractivity (Wildman–Crippen MR) is 215 cm³/mol. The van der Waals surface area contributed by atoms with Gasteiger partial charge in [0.25, 0.3) is 0 Å². The number of allylic oxidation sites excluding steroid dienone is 14. The lowest BCUT2D eigenvalue weighted by molar-refractivity contribution is -0.870. The normalized spacial score (nSPS) is 14.7. The summed E-state index contributed by atoms with van der Waals surface area (Å²) in [5.74, 6) is -0.863. The fraction of sp³-hybridized carbons (Fsp3) is 0.619. The second-order valence-electron chi connectivity index (χ2n) is 13.7. The molecule has 9 nitrogen and oxygen atoms in total. The summed E-state index contributed by atoms with van der Waals surface area (Å²) in [5.41, 5.74) is 0. The van der Waals surface area contributed by atoms with Gasteiger partial charge in [-0.3, -0.25) is 18.6 Å². The lowest BCUT2D eigenvalue weighted by atomic mass is 10.1. The van der Waals surface area contributed by atoms with Crippen LogP contribution < -0.4 is 0 Å². The Balaban J connectivity index is 4.52. The summed E-state index contributed by atoms with van der Waals surface area (Å²) in [6, 6.07) is 0. The number of phosphoric ester groups is 1. The lowest BCUT2D eigenvalue weighted by Gasteiger charge is -2.24. The van der Waals surface area contributed by atoms with Crippen molar-refractivity contribution >= 4 is 19.8 Å². The van der Waals surface area contributed by atoms with Crippen molar-refractivity contribution in [2.24, 2.45) is 0 Å². The molecule has 0 heterocycles. The van der Waals surface area contributed by atoms with Crippen molar-refractivity contribution < 1.29 is 42.1 Å². The molecule has 0 aromatic rings. The molecule has 0 aliphatic rings. The minimum atomic E-state index is -4.39. The number of hydrogen-bond acceptors (Lipinski definition) is 7. The maximum absolute atomic E-state index is 12.6. The third-order valence-electron chi connectivity index (χ3n) is 7.58. The summed E-state index contributed by atoms with van der Waals surface area (Å²) in [5, 5.41) is 0. The average molecular weight is 749 g/mol. The number of carbonyl (C=O) groups is 2. The summed E-state index contributed by atoms with van der Waals surface area (Å²) >= 11 is 0. The Morgan fingerprint density at radius 2 is 1.04 bits per heavy atom. The van der Waals surface area contributed by atoms with E-state index in [2.05, 4.69) is 50.3 Å². The molecule has 0 aliphatic carbocycles. The van der Waals surface area contributed by atoms with Gasteiger partial charge in [0.15, 0.2) is 6.10 Å². The van der Waals surface area contributed by atoms with Gasteiger partial charge in [-0.25, -0.2) is 4.57 Å². The minimum Gasteiger partial charge on any atom is -0.462 e. The molecule has 296 valence electrons. The number of nitrogens with zero attached hydrogens (tertiary/aromatic N) is 1. The maximum atomic E-state index is 12.6. The third-order valence-corrected chi connectivity index (χ3v) is 8.56. The molecule has 0 rings (SSSR count). The number of esters is 2. The van der Waals surface area contributed by atoms with E-state index >= 15 is 0 Å². The van der Waals surface area contributed by atoms with Gasteiger partial charge < -0.3 is 18.9 Å². The highest BCUT2D eigenvalue weighted by atomic mass is 31.2. The molecule has 52 heavy (non-hydrogen) atoms. The van der Waals surface area contributed by atoms with Crippen LogP contribution >= 0.6 is 7.82 Å². The van der Waals surface area contributed by atoms with Crippen molar-refractivity contribution in [3.8, 4) is 0 Å². The first-order valence-electron chi connectivity index (χ1n) is 19.4. The average Bonchev–Trinajstić information content (AvgIpc) is 3.09. The van der Waals surface area contributed by atoms with Crippen LogP contribution in [-0.2, 0) is 32.7 Å². The van der Waals surface area contributed by atoms with Crippen LogP contribution in [0.15, 0.2) is 85.1 Å². The summed E-state index contributed by atoms with van der Waals surface area (Å²) < 4.78 is 34.1. The van der Waals surface area contributed by atoms with Crippen LogP contribution in [0.25, 0.3) is 0 Å². The molecule has 0 aromatic carbocycles. The number of quaternary nitrogens is 1. The van der Waals surface area contributed by atoms with Crippen molar-refractivity contribution in [1.29, 1.82) is 0 Å². The van der Waals surface area contributed by atoms with E-state index in [1.54, 1.807) is 0 Å². The molecule has 10 heteroatoms. The highest BCUT2D eigenvalue weighted by molar-refractivity contribution is 7.47. The smallest absolute Gasteiger partial charge is 0.462 e. The maximum Gasteiger partial charge on any atom is 0.472 e. The van der Waals surface area contributed by atoms with E-state index in [9.17, 15) is 19.0 Å². The fourth-order valence-electron chi connectivity index (χ4n) is 4.55. The number of phosphoric acid groups is 1. The standard InChI is InChI=1S/C42H70NO8P/c1-6-8-10-12-14-16-18-20-21-23-24-26-28-30-32-34-41(44)48-38-40(39-50-52(46,47)49-37-36-43(3,4)5)51-42(45)35-33-31-29-27-25-22-19-17-15-13-11-9-7-2/h8-21,40H,6-7,22-39H2,1-5H3/p+1/b10-8+,11-9+,14-12+,15-13+,18-16+,19-17+,21-20+. The number of ether oxygens (including phenoxy) is 2. The SMILES string of the molecule is CC/C=C/C=C/C=C/C=C/CCCCCCCC(=O)OCC(COP(=O)(O)OCC[N+](C)(C)C)OC(=O)CCCCCCC/C=C/C=C/C=C/CC. The molecule has 0 saturated carbocycles. The van der Waals surface area contributed by atoms with Crippen LogP contribution in [0, 0.1) is 0 Å². The largest absolute Gasteiger partial charge is 0.472 e. The Morgan fingerprint density at radius 3 is 1.54 bits per heavy atom. The van der Waals surface area contributed by atoms with Crippen molar-refractivity contribution in [1.82, 2.24) is 0 Å². The summed E-state index contributed by atoms with van der Waals surface area (Å²) in [6.45, 7) is 4.05. The van der Waals surface area contributed by atoms with Gasteiger partial charge in [0.2, 0.25) is 0 Å². The van der Waals surface area contributed by atoms with E-state index < -0.39 is 32.5 Å². The molecule has 0 radical (unpaired) electrons.